The molecule has 0 radical (unpaired) electrons. The Morgan fingerprint density at radius 3 is 2.32 bits per heavy atom. The third-order valence-electron chi connectivity index (χ3n) is 3.26. The molecular formula is C17H26N2O3. The van der Waals surface area contributed by atoms with Crippen molar-refractivity contribution < 1.29 is 14.7 Å². The van der Waals surface area contributed by atoms with Crippen LogP contribution in [-0.2, 0) is 11.3 Å². The van der Waals surface area contributed by atoms with Crippen LogP contribution in [0.15, 0.2) is 24.3 Å². The maximum absolute atomic E-state index is 12.2. The number of carbonyl (C=O) groups excluding carboxylic acids is 1. The van der Waals surface area contributed by atoms with Crippen LogP contribution in [0, 0.1) is 5.41 Å². The molecule has 0 aliphatic heterocycles. The zero-order valence-corrected chi connectivity index (χ0v) is 14.0. The van der Waals surface area contributed by atoms with E-state index in [0.717, 1.165) is 5.56 Å². The lowest BCUT2D eigenvalue weighted by Gasteiger charge is -2.28. The Morgan fingerprint density at radius 2 is 1.77 bits per heavy atom. The second kappa shape index (κ2) is 6.92. The van der Waals surface area contributed by atoms with Gasteiger partial charge in [0.2, 0.25) is 5.91 Å². The molecule has 0 bridgehead atoms. The van der Waals surface area contributed by atoms with E-state index >= 15 is 0 Å². The Labute approximate surface area is 132 Å². The number of carboxylic acids is 1. The second-order valence-electron chi connectivity index (χ2n) is 7.23. The summed E-state index contributed by atoms with van der Waals surface area (Å²) in [6.45, 7) is 10.8. The summed E-state index contributed by atoms with van der Waals surface area (Å²) < 4.78 is 0. The van der Waals surface area contributed by atoms with E-state index < -0.39 is 11.5 Å². The van der Waals surface area contributed by atoms with Crippen molar-refractivity contribution in [3.05, 3.63) is 35.4 Å². The van der Waals surface area contributed by atoms with Crippen molar-refractivity contribution in [2.75, 3.05) is 6.54 Å². The van der Waals surface area contributed by atoms with Crippen LogP contribution in [0.5, 0.6) is 0 Å². The molecule has 0 aliphatic carbocycles. The highest BCUT2D eigenvalue weighted by molar-refractivity contribution is 5.87. The number of hydrogen-bond donors (Lipinski definition) is 3. The minimum Gasteiger partial charge on any atom is -0.478 e. The van der Waals surface area contributed by atoms with Gasteiger partial charge in [-0.2, -0.15) is 0 Å². The minimum atomic E-state index is -0.955. The topological polar surface area (TPSA) is 78.4 Å². The molecule has 0 aliphatic rings. The number of aromatic carboxylic acids is 1. The summed E-state index contributed by atoms with van der Waals surface area (Å²) in [5.74, 6) is -1.03. The van der Waals surface area contributed by atoms with Crippen molar-refractivity contribution in [3.8, 4) is 0 Å². The molecule has 0 saturated heterocycles. The molecule has 5 nitrogen and oxygen atoms in total. The van der Waals surface area contributed by atoms with Crippen LogP contribution >= 0.6 is 0 Å². The smallest absolute Gasteiger partial charge is 0.335 e. The Hall–Kier alpha value is -1.88. The van der Waals surface area contributed by atoms with Gasteiger partial charge in [-0.15, -0.1) is 0 Å². The largest absolute Gasteiger partial charge is 0.478 e. The van der Waals surface area contributed by atoms with Gasteiger partial charge in [-0.05, 0) is 37.0 Å². The molecule has 0 spiro atoms. The lowest BCUT2D eigenvalue weighted by Crippen LogP contribution is -2.53. The van der Waals surface area contributed by atoms with Crippen molar-refractivity contribution in [2.24, 2.45) is 5.41 Å². The average molecular weight is 306 g/mol. The number of amides is 1. The molecular weight excluding hydrogens is 280 g/mol. The summed E-state index contributed by atoms with van der Waals surface area (Å²) in [6.07, 6.45) is 0. The van der Waals surface area contributed by atoms with Gasteiger partial charge in [0.1, 0.15) is 0 Å². The Morgan fingerprint density at radius 1 is 1.14 bits per heavy atom. The van der Waals surface area contributed by atoms with Crippen LogP contribution in [0.4, 0.5) is 0 Å². The van der Waals surface area contributed by atoms with Crippen LogP contribution in [-0.4, -0.2) is 29.1 Å². The van der Waals surface area contributed by atoms with Gasteiger partial charge in [-0.1, -0.05) is 32.9 Å². The fourth-order valence-corrected chi connectivity index (χ4v) is 1.78. The highest BCUT2D eigenvalue weighted by Crippen LogP contribution is 2.12. The van der Waals surface area contributed by atoms with Crippen molar-refractivity contribution in [1.29, 1.82) is 0 Å². The van der Waals surface area contributed by atoms with Gasteiger partial charge in [0, 0.05) is 13.1 Å². The Balaban J connectivity index is 2.63. The third-order valence-corrected chi connectivity index (χ3v) is 3.26. The van der Waals surface area contributed by atoms with Crippen LogP contribution < -0.4 is 10.6 Å². The first-order valence-corrected chi connectivity index (χ1v) is 7.37. The fourth-order valence-electron chi connectivity index (χ4n) is 1.78. The first kappa shape index (κ1) is 18.2. The zero-order chi connectivity index (χ0) is 17.0. The van der Waals surface area contributed by atoms with Crippen LogP contribution in [0.3, 0.4) is 0 Å². The van der Waals surface area contributed by atoms with E-state index in [-0.39, 0.29) is 16.9 Å². The molecule has 1 aromatic rings. The molecule has 5 heteroatoms. The average Bonchev–Trinajstić information content (AvgIpc) is 2.42. The SMILES string of the molecule is CC(C)(C)CNC(=O)C(C)(C)NCc1cccc(C(=O)O)c1. The molecule has 22 heavy (non-hydrogen) atoms. The van der Waals surface area contributed by atoms with Gasteiger partial charge in [0.25, 0.3) is 0 Å². The number of benzene rings is 1. The van der Waals surface area contributed by atoms with E-state index in [1.165, 1.54) is 0 Å². The predicted octanol–water partition coefficient (Wildman–Crippen LogP) is 2.42. The molecule has 1 amide bonds. The van der Waals surface area contributed by atoms with Crippen LogP contribution in [0.1, 0.15) is 50.5 Å². The van der Waals surface area contributed by atoms with Crippen molar-refractivity contribution in [2.45, 2.75) is 46.7 Å². The molecule has 1 rings (SSSR count). The third kappa shape index (κ3) is 5.85. The van der Waals surface area contributed by atoms with Crippen molar-refractivity contribution >= 4 is 11.9 Å². The maximum Gasteiger partial charge on any atom is 0.335 e. The zero-order valence-electron chi connectivity index (χ0n) is 14.0. The molecule has 0 heterocycles. The standard InChI is InChI=1S/C17H26N2O3/c1-16(2,3)11-18-15(22)17(4,5)19-10-12-7-6-8-13(9-12)14(20)21/h6-9,19H,10-11H2,1-5H3,(H,18,22)(H,20,21). The van der Waals surface area contributed by atoms with Gasteiger partial charge in [0.05, 0.1) is 11.1 Å². The number of rotatable bonds is 6. The van der Waals surface area contributed by atoms with Gasteiger partial charge in [-0.3, -0.25) is 10.1 Å². The van der Waals surface area contributed by atoms with Crippen LogP contribution in [0.2, 0.25) is 0 Å². The van der Waals surface area contributed by atoms with E-state index in [9.17, 15) is 9.59 Å². The molecule has 122 valence electrons. The molecule has 0 unspecified atom stereocenters. The van der Waals surface area contributed by atoms with Gasteiger partial charge in [-0.25, -0.2) is 4.79 Å². The summed E-state index contributed by atoms with van der Waals surface area (Å²) >= 11 is 0. The van der Waals surface area contributed by atoms with E-state index in [0.29, 0.717) is 13.1 Å². The quantitative estimate of drug-likeness (QED) is 0.754. The lowest BCUT2D eigenvalue weighted by molar-refractivity contribution is -0.126. The summed E-state index contributed by atoms with van der Waals surface area (Å²) in [7, 11) is 0. The molecule has 3 N–H and O–H groups in total. The van der Waals surface area contributed by atoms with Crippen molar-refractivity contribution in [3.63, 3.8) is 0 Å². The predicted molar refractivity (Wildman–Crippen MR) is 86.8 cm³/mol. The monoisotopic (exact) mass is 306 g/mol. The van der Waals surface area contributed by atoms with Crippen LogP contribution in [0.25, 0.3) is 0 Å². The van der Waals surface area contributed by atoms with E-state index in [1.807, 2.05) is 19.9 Å². The van der Waals surface area contributed by atoms with Gasteiger partial charge < -0.3 is 10.4 Å². The summed E-state index contributed by atoms with van der Waals surface area (Å²) in [6, 6.07) is 6.70. The summed E-state index contributed by atoms with van der Waals surface area (Å²) in [4.78, 5) is 23.2. The molecule has 0 fully saturated rings. The number of hydrogen-bond acceptors (Lipinski definition) is 3. The van der Waals surface area contributed by atoms with Gasteiger partial charge >= 0.3 is 5.97 Å². The Kier molecular flexibility index (Phi) is 5.72. The molecule has 0 aromatic heterocycles. The van der Waals surface area contributed by atoms with E-state index in [4.69, 9.17) is 5.11 Å². The van der Waals surface area contributed by atoms with E-state index in [2.05, 4.69) is 31.4 Å². The van der Waals surface area contributed by atoms with Gasteiger partial charge in [0.15, 0.2) is 0 Å². The molecule has 1 aromatic carbocycles. The maximum atomic E-state index is 12.2. The fraction of sp³-hybridized carbons (Fsp3) is 0.529. The highest BCUT2D eigenvalue weighted by Gasteiger charge is 2.27. The first-order valence-electron chi connectivity index (χ1n) is 7.37. The first-order chi connectivity index (χ1) is 10.0. The minimum absolute atomic E-state index is 0.0293. The Bertz CT molecular complexity index is 545. The van der Waals surface area contributed by atoms with E-state index in [1.54, 1.807) is 18.2 Å². The second-order valence-corrected chi connectivity index (χ2v) is 7.23. The lowest BCUT2D eigenvalue weighted by atomic mass is 9.96. The number of nitrogens with one attached hydrogen (secondary N) is 2. The number of carbonyl (C=O) groups is 2. The summed E-state index contributed by atoms with van der Waals surface area (Å²) in [5, 5.41) is 15.1. The molecule has 0 atom stereocenters. The normalized spacial score (nSPS) is 12.0. The summed E-state index contributed by atoms with van der Waals surface area (Å²) in [5.41, 5.74) is 0.373. The molecule has 0 saturated carbocycles. The number of carboxylic acid groups (broad SMARTS) is 1. The highest BCUT2D eigenvalue weighted by atomic mass is 16.4. The van der Waals surface area contributed by atoms with Crippen molar-refractivity contribution in [1.82, 2.24) is 10.6 Å².